The van der Waals surface area contributed by atoms with Gasteiger partial charge in [-0.1, -0.05) is 37.9 Å². The Kier molecular flexibility index (Phi) is 4.10. The molecule has 0 amide bonds. The van der Waals surface area contributed by atoms with Crippen LogP contribution < -0.4 is 0 Å². The van der Waals surface area contributed by atoms with Gasteiger partial charge in [-0.3, -0.25) is 0 Å². The second-order valence-electron chi connectivity index (χ2n) is 4.45. The average molecular weight is 211 g/mol. The molecule has 1 fully saturated rings. The lowest BCUT2D eigenvalue weighted by Crippen LogP contribution is -2.53. The fraction of sp³-hybridized carbons (Fsp3) is 0.636. The van der Waals surface area contributed by atoms with Gasteiger partial charge in [0.1, 0.15) is 8.24 Å². The van der Waals surface area contributed by atoms with Gasteiger partial charge in [-0.25, -0.2) is 0 Å². The number of hydrogen-bond donors (Lipinski definition) is 0. The van der Waals surface area contributed by atoms with Gasteiger partial charge >= 0.3 is 0 Å². The van der Waals surface area contributed by atoms with Crippen LogP contribution in [0.25, 0.3) is 0 Å². The molecule has 80 valence electrons. The molecule has 0 aliphatic carbocycles. The molecular weight excluding hydrogens is 190 g/mol. The largest absolute Gasteiger partial charge is 0.379 e. The minimum absolute atomic E-state index is 0.886. The van der Waals surface area contributed by atoms with E-state index in [0.29, 0.717) is 0 Å². The first-order valence-corrected chi connectivity index (χ1v) is 8.35. The van der Waals surface area contributed by atoms with E-state index in [-0.39, 0.29) is 0 Å². The van der Waals surface area contributed by atoms with E-state index >= 15 is 0 Å². The van der Waals surface area contributed by atoms with Crippen LogP contribution in [0.2, 0.25) is 19.1 Å². The Labute approximate surface area is 88.3 Å². The summed E-state index contributed by atoms with van der Waals surface area (Å²) in [7, 11) is -1.30. The van der Waals surface area contributed by atoms with Crippen molar-refractivity contribution in [3.63, 3.8) is 0 Å². The zero-order valence-corrected chi connectivity index (χ0v) is 10.4. The predicted octanol–water partition coefficient (Wildman–Crippen LogP) is 2.27. The van der Waals surface area contributed by atoms with Crippen molar-refractivity contribution < 1.29 is 4.74 Å². The Morgan fingerprint density at radius 3 is 2.50 bits per heavy atom. The normalized spacial score (nSPS) is 19.3. The highest BCUT2D eigenvalue weighted by Gasteiger charge is 2.30. The van der Waals surface area contributed by atoms with Gasteiger partial charge in [0.2, 0.25) is 0 Å². The van der Waals surface area contributed by atoms with E-state index in [1.54, 1.807) is 0 Å². The maximum absolute atomic E-state index is 5.36. The first-order valence-electron chi connectivity index (χ1n) is 5.19. The molecule has 1 heterocycles. The van der Waals surface area contributed by atoms with E-state index < -0.39 is 8.24 Å². The van der Waals surface area contributed by atoms with E-state index in [0.717, 1.165) is 32.3 Å². The van der Waals surface area contributed by atoms with Gasteiger partial charge in [-0.15, -0.1) is 0 Å². The Balaban J connectivity index is 2.53. The Hall–Kier alpha value is -0.383. The molecule has 0 aromatic carbocycles. The van der Waals surface area contributed by atoms with Crippen molar-refractivity contribution in [2.75, 3.05) is 26.3 Å². The molecule has 14 heavy (non-hydrogen) atoms. The molecule has 0 unspecified atom stereocenters. The monoisotopic (exact) mass is 211 g/mol. The summed E-state index contributed by atoms with van der Waals surface area (Å²) in [5.41, 5.74) is 1.17. The van der Waals surface area contributed by atoms with Crippen LogP contribution in [0.1, 0.15) is 0 Å². The summed E-state index contributed by atoms with van der Waals surface area (Å²) in [6.07, 6.45) is 1.88. The zero-order chi connectivity index (χ0) is 10.6. The summed E-state index contributed by atoms with van der Waals surface area (Å²) in [4.78, 5) is 0. The number of nitrogens with zero attached hydrogens (tertiary/aromatic N) is 1. The van der Waals surface area contributed by atoms with E-state index in [1.165, 1.54) is 5.57 Å². The summed E-state index contributed by atoms with van der Waals surface area (Å²) >= 11 is 0. The lowest BCUT2D eigenvalue weighted by Gasteiger charge is -2.39. The molecule has 0 atom stereocenters. The summed E-state index contributed by atoms with van der Waals surface area (Å²) in [6.45, 7) is 16.5. The topological polar surface area (TPSA) is 12.5 Å². The second kappa shape index (κ2) is 4.91. The third kappa shape index (κ3) is 3.08. The molecule has 0 aromatic heterocycles. The maximum Gasteiger partial charge on any atom is 0.126 e. The molecule has 0 spiro atoms. The van der Waals surface area contributed by atoms with E-state index in [4.69, 9.17) is 4.74 Å². The fourth-order valence-electron chi connectivity index (χ4n) is 1.91. The van der Waals surface area contributed by atoms with E-state index in [2.05, 4.69) is 30.8 Å². The van der Waals surface area contributed by atoms with Gasteiger partial charge in [0.15, 0.2) is 0 Å². The lowest BCUT2D eigenvalue weighted by atomic mass is 10.4. The second-order valence-corrected chi connectivity index (χ2v) is 9.06. The molecule has 1 saturated heterocycles. The van der Waals surface area contributed by atoms with Crippen LogP contribution in [0, 0.1) is 0 Å². The third-order valence-corrected chi connectivity index (χ3v) is 6.29. The molecule has 0 saturated carbocycles. The van der Waals surface area contributed by atoms with Crippen LogP contribution in [-0.4, -0.2) is 39.1 Å². The lowest BCUT2D eigenvalue weighted by molar-refractivity contribution is 0.0690. The molecule has 1 aliphatic heterocycles. The van der Waals surface area contributed by atoms with Crippen molar-refractivity contribution >= 4 is 8.24 Å². The van der Waals surface area contributed by atoms with Crippen LogP contribution in [0.4, 0.5) is 0 Å². The SMILES string of the molecule is C=CC(=C)C[Si](C)(C)N1CCOCC1. The van der Waals surface area contributed by atoms with Crippen LogP contribution in [-0.2, 0) is 4.74 Å². The quantitative estimate of drug-likeness (QED) is 0.522. The zero-order valence-electron chi connectivity index (χ0n) is 9.38. The van der Waals surface area contributed by atoms with Crippen LogP contribution >= 0.6 is 0 Å². The summed E-state index contributed by atoms with van der Waals surface area (Å²) < 4.78 is 7.97. The Bertz CT molecular complexity index is 219. The maximum atomic E-state index is 5.36. The minimum atomic E-state index is -1.30. The Morgan fingerprint density at radius 2 is 2.00 bits per heavy atom. The highest BCUT2D eigenvalue weighted by atomic mass is 28.3. The minimum Gasteiger partial charge on any atom is -0.379 e. The van der Waals surface area contributed by atoms with Gasteiger partial charge in [-0.05, 0) is 6.04 Å². The molecular formula is C11H21NOSi. The van der Waals surface area contributed by atoms with Crippen molar-refractivity contribution in [3.05, 3.63) is 24.8 Å². The molecule has 1 aliphatic rings. The first-order chi connectivity index (χ1) is 6.56. The smallest absolute Gasteiger partial charge is 0.126 e. The van der Waals surface area contributed by atoms with E-state index in [1.807, 2.05) is 6.08 Å². The summed E-state index contributed by atoms with van der Waals surface area (Å²) in [5.74, 6) is 0. The van der Waals surface area contributed by atoms with Gasteiger partial charge in [-0.2, -0.15) is 0 Å². The molecule has 0 aromatic rings. The average Bonchev–Trinajstić information content (AvgIpc) is 2.18. The highest BCUT2D eigenvalue weighted by molar-refractivity contribution is 6.75. The number of ether oxygens (including phenoxy) is 1. The van der Waals surface area contributed by atoms with Gasteiger partial charge in [0.25, 0.3) is 0 Å². The fourth-order valence-corrected chi connectivity index (χ4v) is 4.78. The van der Waals surface area contributed by atoms with Crippen LogP contribution in [0.15, 0.2) is 24.8 Å². The molecule has 0 N–H and O–H groups in total. The number of hydrogen-bond acceptors (Lipinski definition) is 2. The number of rotatable bonds is 4. The molecule has 2 nitrogen and oxygen atoms in total. The molecule has 3 heteroatoms. The van der Waals surface area contributed by atoms with Crippen LogP contribution in [0.5, 0.6) is 0 Å². The Morgan fingerprint density at radius 1 is 1.43 bits per heavy atom. The molecule has 0 radical (unpaired) electrons. The van der Waals surface area contributed by atoms with Crippen molar-refractivity contribution in [2.45, 2.75) is 19.1 Å². The van der Waals surface area contributed by atoms with E-state index in [9.17, 15) is 0 Å². The van der Waals surface area contributed by atoms with Crippen molar-refractivity contribution in [1.82, 2.24) is 4.57 Å². The van der Waals surface area contributed by atoms with Crippen molar-refractivity contribution in [3.8, 4) is 0 Å². The van der Waals surface area contributed by atoms with Crippen molar-refractivity contribution in [1.29, 1.82) is 0 Å². The molecule has 1 rings (SSSR count). The van der Waals surface area contributed by atoms with Gasteiger partial charge < -0.3 is 9.30 Å². The van der Waals surface area contributed by atoms with Gasteiger partial charge in [0, 0.05) is 13.1 Å². The summed E-state index contributed by atoms with van der Waals surface area (Å²) in [5, 5.41) is 0. The number of allylic oxidation sites excluding steroid dienone is 2. The van der Waals surface area contributed by atoms with Crippen LogP contribution in [0.3, 0.4) is 0 Å². The van der Waals surface area contributed by atoms with Crippen molar-refractivity contribution in [2.24, 2.45) is 0 Å². The third-order valence-electron chi connectivity index (χ3n) is 2.82. The highest BCUT2D eigenvalue weighted by Crippen LogP contribution is 2.21. The predicted molar refractivity (Wildman–Crippen MR) is 64.0 cm³/mol. The number of morpholine rings is 1. The first kappa shape index (κ1) is 11.7. The van der Waals surface area contributed by atoms with Gasteiger partial charge in [0.05, 0.1) is 13.2 Å². The summed E-state index contributed by atoms with van der Waals surface area (Å²) in [6, 6.07) is 1.12. The standard InChI is InChI=1S/C11H21NOSi/c1-5-11(2)10-14(3,4)12-6-8-13-9-7-12/h5H,1-2,6-10H2,3-4H3. The molecule has 0 bridgehead atoms.